The second-order valence-electron chi connectivity index (χ2n) is 5.62. The Bertz CT molecular complexity index is 687. The first kappa shape index (κ1) is 17.0. The highest BCUT2D eigenvalue weighted by atomic mass is 19.1. The number of amides is 1. The second-order valence-corrected chi connectivity index (χ2v) is 5.62. The molecule has 0 unspecified atom stereocenters. The van der Waals surface area contributed by atoms with E-state index in [1.165, 1.54) is 12.1 Å². The van der Waals surface area contributed by atoms with Crippen LogP contribution in [0.2, 0.25) is 0 Å². The summed E-state index contributed by atoms with van der Waals surface area (Å²) in [5, 5.41) is 13.0. The molecule has 2 aromatic rings. The molecule has 0 spiro atoms. The van der Waals surface area contributed by atoms with Gasteiger partial charge in [-0.15, -0.1) is 0 Å². The van der Waals surface area contributed by atoms with Gasteiger partial charge in [0.25, 0.3) is 0 Å². The quantitative estimate of drug-likeness (QED) is 0.860. The molecule has 0 aliphatic heterocycles. The number of aliphatic hydroxyl groups is 1. The molecule has 1 heterocycles. The topological polar surface area (TPSA) is 62.5 Å². The van der Waals surface area contributed by atoms with E-state index in [1.807, 2.05) is 0 Å². The second kappa shape index (κ2) is 7.24. The average Bonchev–Trinajstić information content (AvgIpc) is 2.95. The standard InChI is InChI=1S/C18H20FNO3/c1-13-6-11-16(23-13)18(2,22)12-20-17(21)5-3-4-14-7-9-15(19)10-8-14/h3-4,6-11,22H,5,12H2,1-2H3,(H,20,21)/b4-3+/t18-/m1/s1. The smallest absolute Gasteiger partial charge is 0.223 e. The predicted molar refractivity (Wildman–Crippen MR) is 86.1 cm³/mol. The van der Waals surface area contributed by atoms with Gasteiger partial charge >= 0.3 is 0 Å². The number of benzene rings is 1. The predicted octanol–water partition coefficient (Wildman–Crippen LogP) is 3.15. The number of carbonyl (C=O) groups is 1. The van der Waals surface area contributed by atoms with E-state index in [-0.39, 0.29) is 24.7 Å². The van der Waals surface area contributed by atoms with Crippen LogP contribution in [-0.2, 0) is 10.4 Å². The van der Waals surface area contributed by atoms with Gasteiger partial charge in [0.2, 0.25) is 5.91 Å². The normalized spacial score (nSPS) is 13.9. The van der Waals surface area contributed by atoms with Crippen LogP contribution in [0.3, 0.4) is 0 Å². The van der Waals surface area contributed by atoms with E-state index in [1.54, 1.807) is 50.3 Å². The van der Waals surface area contributed by atoms with Gasteiger partial charge in [0, 0.05) is 6.42 Å². The van der Waals surface area contributed by atoms with Crippen molar-refractivity contribution in [2.45, 2.75) is 25.9 Å². The minimum Gasteiger partial charge on any atom is -0.463 e. The Kier molecular flexibility index (Phi) is 5.34. The Morgan fingerprint density at radius 3 is 2.61 bits per heavy atom. The zero-order valence-corrected chi connectivity index (χ0v) is 13.2. The van der Waals surface area contributed by atoms with Crippen LogP contribution < -0.4 is 5.32 Å². The molecule has 1 atom stereocenters. The molecule has 122 valence electrons. The third-order valence-electron chi connectivity index (χ3n) is 3.38. The molecule has 23 heavy (non-hydrogen) atoms. The molecule has 0 saturated carbocycles. The molecule has 1 aromatic heterocycles. The maximum atomic E-state index is 12.8. The van der Waals surface area contributed by atoms with Crippen molar-refractivity contribution >= 4 is 12.0 Å². The summed E-state index contributed by atoms with van der Waals surface area (Å²) in [4.78, 5) is 11.8. The fourth-order valence-electron chi connectivity index (χ4n) is 2.03. The summed E-state index contributed by atoms with van der Waals surface area (Å²) in [6.07, 6.45) is 3.60. The van der Waals surface area contributed by atoms with Crippen LogP contribution in [0.1, 0.15) is 30.4 Å². The van der Waals surface area contributed by atoms with Crippen molar-refractivity contribution in [3.05, 3.63) is 65.4 Å². The van der Waals surface area contributed by atoms with Crippen LogP contribution in [0, 0.1) is 12.7 Å². The molecule has 0 aliphatic carbocycles. The number of furan rings is 1. The molecule has 0 fully saturated rings. The minimum absolute atomic E-state index is 0.0587. The van der Waals surface area contributed by atoms with Gasteiger partial charge in [-0.3, -0.25) is 4.79 Å². The van der Waals surface area contributed by atoms with Gasteiger partial charge in [0.1, 0.15) is 22.9 Å². The highest BCUT2D eigenvalue weighted by Crippen LogP contribution is 2.21. The number of hydrogen-bond acceptors (Lipinski definition) is 3. The molecule has 1 aromatic carbocycles. The van der Waals surface area contributed by atoms with E-state index < -0.39 is 5.60 Å². The molecule has 4 nitrogen and oxygen atoms in total. The highest BCUT2D eigenvalue weighted by Gasteiger charge is 2.27. The Morgan fingerprint density at radius 2 is 2.00 bits per heavy atom. The van der Waals surface area contributed by atoms with Crippen molar-refractivity contribution in [2.75, 3.05) is 6.54 Å². The maximum absolute atomic E-state index is 12.8. The van der Waals surface area contributed by atoms with Crippen molar-refractivity contribution in [3.63, 3.8) is 0 Å². The zero-order valence-electron chi connectivity index (χ0n) is 13.2. The molecule has 0 radical (unpaired) electrons. The lowest BCUT2D eigenvalue weighted by atomic mass is 10.0. The molecule has 5 heteroatoms. The maximum Gasteiger partial charge on any atom is 0.223 e. The largest absolute Gasteiger partial charge is 0.463 e. The van der Waals surface area contributed by atoms with Gasteiger partial charge in [-0.1, -0.05) is 24.3 Å². The first-order valence-electron chi connectivity index (χ1n) is 7.35. The zero-order chi connectivity index (χ0) is 16.9. The van der Waals surface area contributed by atoms with Crippen molar-refractivity contribution in [1.82, 2.24) is 5.32 Å². The van der Waals surface area contributed by atoms with Crippen molar-refractivity contribution in [3.8, 4) is 0 Å². The number of rotatable bonds is 6. The van der Waals surface area contributed by atoms with Crippen LogP contribution in [0.5, 0.6) is 0 Å². The van der Waals surface area contributed by atoms with E-state index in [9.17, 15) is 14.3 Å². The summed E-state index contributed by atoms with van der Waals surface area (Å²) in [6.45, 7) is 3.43. The van der Waals surface area contributed by atoms with Crippen molar-refractivity contribution in [1.29, 1.82) is 0 Å². The number of nitrogens with one attached hydrogen (secondary N) is 1. The Balaban J connectivity index is 1.81. The number of carbonyl (C=O) groups excluding carboxylic acids is 1. The summed E-state index contributed by atoms with van der Waals surface area (Å²) in [6, 6.07) is 9.44. The fourth-order valence-corrected chi connectivity index (χ4v) is 2.03. The van der Waals surface area contributed by atoms with E-state index in [0.29, 0.717) is 11.5 Å². The van der Waals surface area contributed by atoms with Gasteiger partial charge in [0.15, 0.2) is 0 Å². The fraction of sp³-hybridized carbons (Fsp3) is 0.278. The summed E-state index contributed by atoms with van der Waals surface area (Å²) >= 11 is 0. The number of aryl methyl sites for hydroxylation is 1. The average molecular weight is 317 g/mol. The van der Waals surface area contributed by atoms with Gasteiger partial charge in [-0.05, 0) is 43.7 Å². The molecular formula is C18H20FNO3. The molecule has 0 aliphatic rings. The van der Waals surface area contributed by atoms with E-state index in [4.69, 9.17) is 4.42 Å². The van der Waals surface area contributed by atoms with Gasteiger partial charge in [0.05, 0.1) is 6.54 Å². The first-order valence-corrected chi connectivity index (χ1v) is 7.35. The van der Waals surface area contributed by atoms with Crippen LogP contribution in [0.25, 0.3) is 6.08 Å². The van der Waals surface area contributed by atoms with E-state index in [2.05, 4.69) is 5.32 Å². The third kappa shape index (κ3) is 5.07. The molecule has 2 rings (SSSR count). The van der Waals surface area contributed by atoms with Crippen LogP contribution in [-0.4, -0.2) is 17.6 Å². The lowest BCUT2D eigenvalue weighted by Crippen LogP contribution is -2.38. The Hall–Kier alpha value is -2.40. The monoisotopic (exact) mass is 317 g/mol. The van der Waals surface area contributed by atoms with Crippen LogP contribution in [0.4, 0.5) is 4.39 Å². The van der Waals surface area contributed by atoms with Gasteiger partial charge in [-0.25, -0.2) is 4.39 Å². The minimum atomic E-state index is -1.26. The van der Waals surface area contributed by atoms with Crippen molar-refractivity contribution < 1.29 is 18.7 Å². The molecule has 0 saturated heterocycles. The molecule has 0 bridgehead atoms. The summed E-state index contributed by atoms with van der Waals surface area (Å²) in [5.41, 5.74) is -0.442. The lowest BCUT2D eigenvalue weighted by Gasteiger charge is -2.21. The summed E-state index contributed by atoms with van der Waals surface area (Å²) in [5.74, 6) is 0.605. The molecule has 1 amide bonds. The summed E-state index contributed by atoms with van der Waals surface area (Å²) in [7, 11) is 0. The summed E-state index contributed by atoms with van der Waals surface area (Å²) < 4.78 is 18.2. The lowest BCUT2D eigenvalue weighted by molar-refractivity contribution is -0.121. The van der Waals surface area contributed by atoms with E-state index >= 15 is 0 Å². The SMILES string of the molecule is Cc1ccc([C@](C)(O)CNC(=O)C/C=C/c2ccc(F)cc2)o1. The van der Waals surface area contributed by atoms with Gasteiger partial charge in [-0.2, -0.15) is 0 Å². The number of hydrogen-bond donors (Lipinski definition) is 2. The first-order chi connectivity index (χ1) is 10.9. The Morgan fingerprint density at radius 1 is 1.30 bits per heavy atom. The van der Waals surface area contributed by atoms with E-state index in [0.717, 1.165) is 5.56 Å². The Labute approximate surface area is 134 Å². The van der Waals surface area contributed by atoms with Crippen LogP contribution in [0.15, 0.2) is 46.9 Å². The number of halogens is 1. The highest BCUT2D eigenvalue weighted by molar-refractivity contribution is 5.78. The third-order valence-corrected chi connectivity index (χ3v) is 3.38. The molecule has 2 N–H and O–H groups in total. The molecular weight excluding hydrogens is 297 g/mol. The van der Waals surface area contributed by atoms with Crippen molar-refractivity contribution in [2.24, 2.45) is 0 Å². The van der Waals surface area contributed by atoms with Gasteiger partial charge < -0.3 is 14.8 Å². The van der Waals surface area contributed by atoms with Crippen LogP contribution >= 0.6 is 0 Å².